The summed E-state index contributed by atoms with van der Waals surface area (Å²) >= 11 is 1.78. The Kier molecular flexibility index (Phi) is 5.36. The highest BCUT2D eigenvalue weighted by atomic mass is 32.1. The van der Waals surface area contributed by atoms with Crippen LogP contribution in [0.2, 0.25) is 0 Å². The van der Waals surface area contributed by atoms with E-state index < -0.39 is 0 Å². The molecule has 0 radical (unpaired) electrons. The minimum absolute atomic E-state index is 0.00760. The van der Waals surface area contributed by atoms with Crippen LogP contribution in [0.1, 0.15) is 23.8 Å². The number of nitrogens with zero attached hydrogens (tertiary/aromatic N) is 2. The Morgan fingerprint density at radius 2 is 2.19 bits per heavy atom. The van der Waals surface area contributed by atoms with E-state index in [1.807, 2.05) is 30.3 Å². The topological polar surface area (TPSA) is 54.5 Å². The second kappa shape index (κ2) is 8.06. The van der Waals surface area contributed by atoms with Gasteiger partial charge in [-0.05, 0) is 43.7 Å². The number of hydrogen-bond acceptors (Lipinski definition) is 5. The first-order chi connectivity index (χ1) is 13.2. The number of aromatic nitrogens is 1. The van der Waals surface area contributed by atoms with Crippen molar-refractivity contribution >= 4 is 33.1 Å². The molecule has 1 fully saturated rings. The molecule has 27 heavy (non-hydrogen) atoms. The normalized spacial score (nSPS) is 17.7. The number of rotatable bonds is 5. The quantitative estimate of drug-likeness (QED) is 0.722. The number of methoxy groups -OCH3 is 1. The van der Waals surface area contributed by atoms with Gasteiger partial charge < -0.3 is 10.1 Å². The van der Waals surface area contributed by atoms with Gasteiger partial charge in [0.25, 0.3) is 0 Å². The summed E-state index contributed by atoms with van der Waals surface area (Å²) in [6, 6.07) is 15.7. The number of hydrogen-bond donors (Lipinski definition) is 1. The van der Waals surface area contributed by atoms with E-state index in [0.29, 0.717) is 12.5 Å². The molecule has 4 rings (SSSR count). The zero-order valence-corrected chi connectivity index (χ0v) is 16.2. The molecule has 140 valence electrons. The zero-order valence-electron chi connectivity index (χ0n) is 15.4. The molecular formula is C21H23N3O2S. The van der Waals surface area contributed by atoms with Gasteiger partial charge in [-0.1, -0.05) is 18.2 Å². The largest absolute Gasteiger partial charge is 0.497 e. The van der Waals surface area contributed by atoms with E-state index in [9.17, 15) is 4.79 Å². The van der Waals surface area contributed by atoms with Crippen LogP contribution in [-0.4, -0.2) is 42.5 Å². The van der Waals surface area contributed by atoms with Gasteiger partial charge in [-0.25, -0.2) is 4.98 Å². The Balaban J connectivity index is 1.38. The van der Waals surface area contributed by atoms with E-state index in [1.54, 1.807) is 18.4 Å². The molecule has 0 spiro atoms. The lowest BCUT2D eigenvalue weighted by atomic mass is 9.99. The molecule has 3 aromatic rings. The van der Waals surface area contributed by atoms with Gasteiger partial charge in [0, 0.05) is 24.2 Å². The number of carbonyl (C=O) groups is 1. The Hall–Kier alpha value is -2.44. The lowest BCUT2D eigenvalue weighted by Gasteiger charge is -2.31. The number of piperidine rings is 1. The van der Waals surface area contributed by atoms with Crippen molar-refractivity contribution in [3.63, 3.8) is 0 Å². The van der Waals surface area contributed by atoms with Gasteiger partial charge >= 0.3 is 0 Å². The van der Waals surface area contributed by atoms with Gasteiger partial charge in [-0.3, -0.25) is 9.69 Å². The summed E-state index contributed by atoms with van der Waals surface area (Å²) in [6.07, 6.45) is 2.22. The fourth-order valence-corrected chi connectivity index (χ4v) is 4.66. The SMILES string of the molecule is COc1cccc(NC(=O)CN2CCC[C@H](c3nc4ccccc4s3)C2)c1. The molecule has 2 heterocycles. The van der Waals surface area contributed by atoms with Crippen molar-refractivity contribution in [1.29, 1.82) is 0 Å². The summed E-state index contributed by atoms with van der Waals surface area (Å²) in [5, 5.41) is 4.16. The molecule has 0 aliphatic carbocycles. The van der Waals surface area contributed by atoms with E-state index >= 15 is 0 Å². The van der Waals surface area contributed by atoms with E-state index in [1.165, 1.54) is 9.71 Å². The molecule has 1 amide bonds. The van der Waals surface area contributed by atoms with E-state index in [-0.39, 0.29) is 5.91 Å². The number of carbonyl (C=O) groups excluding carboxylic acids is 1. The number of para-hydroxylation sites is 1. The molecule has 0 bridgehead atoms. The second-order valence-electron chi connectivity index (χ2n) is 6.87. The van der Waals surface area contributed by atoms with Crippen LogP contribution in [-0.2, 0) is 4.79 Å². The third kappa shape index (κ3) is 4.28. The van der Waals surface area contributed by atoms with Crippen LogP contribution >= 0.6 is 11.3 Å². The number of amides is 1. The van der Waals surface area contributed by atoms with Crippen LogP contribution < -0.4 is 10.1 Å². The highest BCUT2D eigenvalue weighted by Gasteiger charge is 2.25. The number of anilines is 1. The maximum absolute atomic E-state index is 12.5. The third-order valence-electron chi connectivity index (χ3n) is 4.89. The Morgan fingerprint density at radius 1 is 1.30 bits per heavy atom. The van der Waals surface area contributed by atoms with Crippen molar-refractivity contribution in [1.82, 2.24) is 9.88 Å². The third-order valence-corrected chi connectivity index (χ3v) is 6.08. The van der Waals surface area contributed by atoms with E-state index in [0.717, 1.165) is 42.9 Å². The summed E-state index contributed by atoms with van der Waals surface area (Å²) < 4.78 is 6.44. The highest BCUT2D eigenvalue weighted by Crippen LogP contribution is 2.32. The minimum atomic E-state index is 0.00760. The second-order valence-corrected chi connectivity index (χ2v) is 7.94. The van der Waals surface area contributed by atoms with Crippen LogP contribution in [0.4, 0.5) is 5.69 Å². The zero-order chi connectivity index (χ0) is 18.6. The van der Waals surface area contributed by atoms with Gasteiger partial charge in [-0.15, -0.1) is 11.3 Å². The summed E-state index contributed by atoms with van der Waals surface area (Å²) in [5.74, 6) is 1.15. The molecule has 2 aromatic carbocycles. The molecule has 1 aliphatic heterocycles. The standard InChI is InChI=1S/C21H23N3O2S/c1-26-17-8-4-7-16(12-17)22-20(25)14-24-11-5-6-15(13-24)21-23-18-9-2-3-10-19(18)27-21/h2-4,7-10,12,15H,5-6,11,13-14H2,1H3,(H,22,25)/t15-/m0/s1. The highest BCUT2D eigenvalue weighted by molar-refractivity contribution is 7.18. The van der Waals surface area contributed by atoms with Gasteiger partial charge in [0.15, 0.2) is 0 Å². The number of fused-ring (bicyclic) bond motifs is 1. The number of ether oxygens (including phenoxy) is 1. The van der Waals surface area contributed by atoms with Crippen LogP contribution in [0, 0.1) is 0 Å². The fraction of sp³-hybridized carbons (Fsp3) is 0.333. The molecule has 1 atom stereocenters. The van der Waals surface area contributed by atoms with Gasteiger partial charge in [0.05, 0.1) is 28.9 Å². The van der Waals surface area contributed by atoms with Crippen LogP contribution in [0.15, 0.2) is 48.5 Å². The van der Waals surface area contributed by atoms with Crippen molar-refractivity contribution in [3.05, 3.63) is 53.5 Å². The molecule has 1 saturated heterocycles. The maximum atomic E-state index is 12.5. The van der Waals surface area contributed by atoms with Crippen LogP contribution in [0.3, 0.4) is 0 Å². The summed E-state index contributed by atoms with van der Waals surface area (Å²) in [5.41, 5.74) is 1.84. The first-order valence-electron chi connectivity index (χ1n) is 9.23. The summed E-state index contributed by atoms with van der Waals surface area (Å²) in [6.45, 7) is 2.23. The molecule has 0 unspecified atom stereocenters. The molecule has 5 nitrogen and oxygen atoms in total. The number of likely N-dealkylation sites (tertiary alicyclic amines) is 1. The summed E-state index contributed by atoms with van der Waals surface area (Å²) in [4.78, 5) is 19.5. The van der Waals surface area contributed by atoms with Gasteiger partial charge in [0.1, 0.15) is 5.75 Å². The van der Waals surface area contributed by atoms with Crippen molar-refractivity contribution in [2.75, 3.05) is 32.1 Å². The molecule has 1 N–H and O–H groups in total. The number of benzene rings is 2. The first-order valence-corrected chi connectivity index (χ1v) is 10.0. The first kappa shape index (κ1) is 17.9. The smallest absolute Gasteiger partial charge is 0.238 e. The fourth-order valence-electron chi connectivity index (χ4n) is 3.57. The minimum Gasteiger partial charge on any atom is -0.497 e. The average molecular weight is 382 g/mol. The van der Waals surface area contributed by atoms with Crippen molar-refractivity contribution in [3.8, 4) is 5.75 Å². The molecule has 1 aliphatic rings. The Labute approximate surface area is 163 Å². The predicted octanol–water partition coefficient (Wildman–Crippen LogP) is 4.12. The van der Waals surface area contributed by atoms with Gasteiger partial charge in [0.2, 0.25) is 5.91 Å². The van der Waals surface area contributed by atoms with Gasteiger partial charge in [-0.2, -0.15) is 0 Å². The van der Waals surface area contributed by atoms with Crippen molar-refractivity contribution < 1.29 is 9.53 Å². The monoisotopic (exact) mass is 381 g/mol. The lowest BCUT2D eigenvalue weighted by molar-refractivity contribution is -0.117. The Bertz CT molecular complexity index is 907. The molecule has 1 aromatic heterocycles. The van der Waals surface area contributed by atoms with E-state index in [2.05, 4.69) is 28.4 Å². The molecule has 0 saturated carbocycles. The lowest BCUT2D eigenvalue weighted by Crippen LogP contribution is -2.39. The van der Waals surface area contributed by atoms with Crippen LogP contribution in [0.25, 0.3) is 10.2 Å². The van der Waals surface area contributed by atoms with Crippen molar-refractivity contribution in [2.24, 2.45) is 0 Å². The van der Waals surface area contributed by atoms with E-state index in [4.69, 9.17) is 9.72 Å². The number of thiazole rings is 1. The predicted molar refractivity (Wildman–Crippen MR) is 110 cm³/mol. The molecule has 6 heteroatoms. The van der Waals surface area contributed by atoms with Crippen molar-refractivity contribution in [2.45, 2.75) is 18.8 Å². The molecular weight excluding hydrogens is 358 g/mol. The average Bonchev–Trinajstić information content (AvgIpc) is 3.12. The number of nitrogens with one attached hydrogen (secondary N) is 1. The Morgan fingerprint density at radius 3 is 3.04 bits per heavy atom. The maximum Gasteiger partial charge on any atom is 0.238 e. The van der Waals surface area contributed by atoms with Crippen LogP contribution in [0.5, 0.6) is 5.75 Å². The summed E-state index contributed by atoms with van der Waals surface area (Å²) in [7, 11) is 1.62.